The summed E-state index contributed by atoms with van der Waals surface area (Å²) in [5.74, 6) is 0. The van der Waals surface area contributed by atoms with Crippen molar-refractivity contribution in [2.24, 2.45) is 0 Å². The average molecular weight is 238 g/mol. The first-order valence-corrected chi connectivity index (χ1v) is 7.52. The first-order valence-electron chi connectivity index (χ1n) is 7.52. The highest BCUT2D eigenvalue weighted by Gasteiger charge is 2.35. The molecule has 0 spiro atoms. The van der Waals surface area contributed by atoms with Gasteiger partial charge in [0.25, 0.3) is 0 Å². The summed E-state index contributed by atoms with van der Waals surface area (Å²) < 4.78 is 5.85. The van der Waals surface area contributed by atoms with Gasteiger partial charge in [0.1, 0.15) is 0 Å². The minimum Gasteiger partial charge on any atom is -0.375 e. The Morgan fingerprint density at radius 2 is 1.94 bits per heavy atom. The van der Waals surface area contributed by atoms with Crippen molar-refractivity contribution in [2.45, 2.75) is 63.1 Å². The number of morpholine rings is 1. The van der Waals surface area contributed by atoms with Crippen LogP contribution in [0.2, 0.25) is 0 Å². The second kappa shape index (κ2) is 5.68. The van der Waals surface area contributed by atoms with Gasteiger partial charge in [-0.25, -0.2) is 0 Å². The predicted octanol–water partition coefficient (Wildman–Crippen LogP) is 1.77. The third-order valence-electron chi connectivity index (χ3n) is 4.78. The quantitative estimate of drug-likeness (QED) is 0.808. The molecule has 1 heterocycles. The molecule has 0 aromatic rings. The van der Waals surface area contributed by atoms with Gasteiger partial charge < -0.3 is 10.1 Å². The topological polar surface area (TPSA) is 24.5 Å². The standard InChI is InChI=1S/C14H26N2O/c1-2-5-12(4-1)15-8-9-16-10-11-17-14-7-3-6-13(14)16/h12-15H,1-11H2. The third-order valence-corrected chi connectivity index (χ3v) is 4.78. The molecule has 3 heteroatoms. The molecule has 17 heavy (non-hydrogen) atoms. The van der Waals surface area contributed by atoms with Crippen LogP contribution in [-0.2, 0) is 4.74 Å². The predicted molar refractivity (Wildman–Crippen MR) is 69.2 cm³/mol. The van der Waals surface area contributed by atoms with E-state index in [1.165, 1.54) is 58.0 Å². The highest BCUT2D eigenvalue weighted by molar-refractivity contribution is 4.89. The molecule has 3 rings (SSSR count). The van der Waals surface area contributed by atoms with Crippen LogP contribution in [0.1, 0.15) is 44.9 Å². The molecule has 3 nitrogen and oxygen atoms in total. The number of nitrogens with one attached hydrogen (secondary N) is 1. The summed E-state index contributed by atoms with van der Waals surface area (Å²) in [7, 11) is 0. The molecule has 1 saturated heterocycles. The van der Waals surface area contributed by atoms with Gasteiger partial charge in [0.15, 0.2) is 0 Å². The minimum atomic E-state index is 0.551. The molecule has 2 saturated carbocycles. The zero-order valence-electron chi connectivity index (χ0n) is 10.9. The van der Waals surface area contributed by atoms with E-state index in [1.54, 1.807) is 0 Å². The molecule has 0 amide bonds. The fraction of sp³-hybridized carbons (Fsp3) is 1.00. The van der Waals surface area contributed by atoms with Crippen LogP contribution in [0.15, 0.2) is 0 Å². The molecule has 2 unspecified atom stereocenters. The Hall–Kier alpha value is -0.120. The van der Waals surface area contributed by atoms with Crippen LogP contribution < -0.4 is 5.32 Å². The van der Waals surface area contributed by atoms with E-state index in [4.69, 9.17) is 4.74 Å². The summed E-state index contributed by atoms with van der Waals surface area (Å²) in [6, 6.07) is 1.55. The van der Waals surface area contributed by atoms with Crippen molar-refractivity contribution in [3.05, 3.63) is 0 Å². The van der Waals surface area contributed by atoms with Crippen LogP contribution >= 0.6 is 0 Å². The molecular weight excluding hydrogens is 212 g/mol. The molecule has 0 aromatic carbocycles. The molecule has 3 fully saturated rings. The van der Waals surface area contributed by atoms with Crippen molar-refractivity contribution < 1.29 is 4.74 Å². The van der Waals surface area contributed by atoms with Crippen molar-refractivity contribution in [1.82, 2.24) is 10.2 Å². The first kappa shape index (κ1) is 11.9. The lowest BCUT2D eigenvalue weighted by Crippen LogP contribution is -2.50. The van der Waals surface area contributed by atoms with E-state index in [2.05, 4.69) is 10.2 Å². The number of fused-ring (bicyclic) bond motifs is 1. The molecular formula is C14H26N2O. The molecule has 1 aliphatic heterocycles. The van der Waals surface area contributed by atoms with Crippen molar-refractivity contribution in [1.29, 1.82) is 0 Å². The lowest BCUT2D eigenvalue weighted by atomic mass is 10.1. The summed E-state index contributed by atoms with van der Waals surface area (Å²) in [5.41, 5.74) is 0. The minimum absolute atomic E-state index is 0.551. The second-order valence-corrected chi connectivity index (χ2v) is 5.88. The SMILES string of the molecule is C1CCC(NCCN2CCOC3CCCC32)C1. The van der Waals surface area contributed by atoms with Gasteiger partial charge in [0.05, 0.1) is 12.7 Å². The van der Waals surface area contributed by atoms with Crippen LogP contribution in [0.25, 0.3) is 0 Å². The summed E-state index contributed by atoms with van der Waals surface area (Å²) in [4.78, 5) is 2.67. The molecule has 0 radical (unpaired) electrons. The van der Waals surface area contributed by atoms with Gasteiger partial charge in [-0.05, 0) is 32.1 Å². The number of ether oxygens (including phenoxy) is 1. The number of nitrogens with zero attached hydrogens (tertiary/aromatic N) is 1. The zero-order chi connectivity index (χ0) is 11.5. The Labute approximate surface area is 105 Å². The van der Waals surface area contributed by atoms with Gasteiger partial charge in [-0.1, -0.05) is 12.8 Å². The Bertz CT molecular complexity index is 240. The smallest absolute Gasteiger partial charge is 0.0730 e. The van der Waals surface area contributed by atoms with Crippen LogP contribution in [-0.4, -0.2) is 49.3 Å². The Morgan fingerprint density at radius 1 is 1.06 bits per heavy atom. The van der Waals surface area contributed by atoms with Crippen molar-refractivity contribution in [3.63, 3.8) is 0 Å². The molecule has 1 N–H and O–H groups in total. The van der Waals surface area contributed by atoms with E-state index in [9.17, 15) is 0 Å². The molecule has 98 valence electrons. The zero-order valence-corrected chi connectivity index (χ0v) is 10.9. The fourth-order valence-electron chi connectivity index (χ4n) is 3.83. The van der Waals surface area contributed by atoms with Crippen molar-refractivity contribution >= 4 is 0 Å². The van der Waals surface area contributed by atoms with Crippen LogP contribution in [0.5, 0.6) is 0 Å². The Balaban J connectivity index is 1.41. The van der Waals surface area contributed by atoms with E-state index >= 15 is 0 Å². The summed E-state index contributed by atoms with van der Waals surface area (Å²) in [5, 5.41) is 3.73. The Kier molecular flexibility index (Phi) is 3.99. The van der Waals surface area contributed by atoms with E-state index in [0.717, 1.165) is 25.2 Å². The summed E-state index contributed by atoms with van der Waals surface area (Å²) in [6.45, 7) is 4.49. The maximum Gasteiger partial charge on any atom is 0.0730 e. The molecule has 0 bridgehead atoms. The van der Waals surface area contributed by atoms with Gasteiger partial charge >= 0.3 is 0 Å². The maximum atomic E-state index is 5.85. The fourth-order valence-corrected chi connectivity index (χ4v) is 3.83. The van der Waals surface area contributed by atoms with Gasteiger partial charge in [0, 0.05) is 31.7 Å². The van der Waals surface area contributed by atoms with E-state index in [0.29, 0.717) is 6.10 Å². The normalized spacial score (nSPS) is 35.3. The summed E-state index contributed by atoms with van der Waals surface area (Å²) >= 11 is 0. The second-order valence-electron chi connectivity index (χ2n) is 5.88. The van der Waals surface area contributed by atoms with Gasteiger partial charge in [-0.15, -0.1) is 0 Å². The lowest BCUT2D eigenvalue weighted by molar-refractivity contribution is -0.0550. The Morgan fingerprint density at radius 3 is 2.82 bits per heavy atom. The van der Waals surface area contributed by atoms with Crippen LogP contribution in [0.3, 0.4) is 0 Å². The highest BCUT2D eigenvalue weighted by atomic mass is 16.5. The van der Waals surface area contributed by atoms with E-state index in [1.807, 2.05) is 0 Å². The van der Waals surface area contributed by atoms with Gasteiger partial charge in [-0.3, -0.25) is 4.90 Å². The first-order chi connectivity index (χ1) is 8.43. The maximum absolute atomic E-state index is 5.85. The van der Waals surface area contributed by atoms with Crippen molar-refractivity contribution in [2.75, 3.05) is 26.2 Å². The molecule has 0 aromatic heterocycles. The van der Waals surface area contributed by atoms with E-state index < -0.39 is 0 Å². The third kappa shape index (κ3) is 2.83. The molecule has 2 atom stereocenters. The largest absolute Gasteiger partial charge is 0.375 e. The van der Waals surface area contributed by atoms with Gasteiger partial charge in [-0.2, -0.15) is 0 Å². The molecule has 3 aliphatic rings. The lowest BCUT2D eigenvalue weighted by Gasteiger charge is -2.37. The van der Waals surface area contributed by atoms with Crippen LogP contribution in [0, 0.1) is 0 Å². The average Bonchev–Trinajstić information content (AvgIpc) is 2.99. The summed E-state index contributed by atoms with van der Waals surface area (Å²) in [6.07, 6.45) is 10.2. The van der Waals surface area contributed by atoms with Gasteiger partial charge in [0.2, 0.25) is 0 Å². The van der Waals surface area contributed by atoms with E-state index in [-0.39, 0.29) is 0 Å². The number of rotatable bonds is 4. The number of hydrogen-bond donors (Lipinski definition) is 1. The monoisotopic (exact) mass is 238 g/mol. The van der Waals surface area contributed by atoms with Crippen molar-refractivity contribution in [3.8, 4) is 0 Å². The highest BCUT2D eigenvalue weighted by Crippen LogP contribution is 2.29. The van der Waals surface area contributed by atoms with Crippen LogP contribution in [0.4, 0.5) is 0 Å². The number of hydrogen-bond acceptors (Lipinski definition) is 3. The molecule has 2 aliphatic carbocycles.